The van der Waals surface area contributed by atoms with Gasteiger partial charge in [-0.3, -0.25) is 4.79 Å². The van der Waals surface area contributed by atoms with Crippen LogP contribution in [-0.4, -0.2) is 22.7 Å². The highest BCUT2D eigenvalue weighted by Gasteiger charge is 2.20. The number of amides is 1. The summed E-state index contributed by atoms with van der Waals surface area (Å²) in [4.78, 5) is 11.2. The van der Waals surface area contributed by atoms with E-state index in [-0.39, 0.29) is 11.9 Å². The van der Waals surface area contributed by atoms with Crippen molar-refractivity contribution in [3.05, 3.63) is 0 Å². The first-order valence-corrected chi connectivity index (χ1v) is 3.97. The summed E-state index contributed by atoms with van der Waals surface area (Å²) in [7, 11) is 0. The second-order valence-electron chi connectivity index (χ2n) is 3.17. The summed E-state index contributed by atoms with van der Waals surface area (Å²) in [6.07, 6.45) is 1.44. The zero-order valence-corrected chi connectivity index (χ0v) is 7.29. The molecule has 0 aromatic carbocycles. The standard InChI is InChI=1S/C8H14N2O/c1-6(2)10-8(11)5-4-7(3)9-10/h6H,4-5H2,1-3H3. The van der Waals surface area contributed by atoms with E-state index in [2.05, 4.69) is 5.10 Å². The van der Waals surface area contributed by atoms with E-state index in [9.17, 15) is 4.79 Å². The number of carbonyl (C=O) groups is 1. The van der Waals surface area contributed by atoms with Gasteiger partial charge in [0.25, 0.3) is 0 Å². The zero-order valence-electron chi connectivity index (χ0n) is 7.29. The van der Waals surface area contributed by atoms with E-state index in [1.165, 1.54) is 0 Å². The number of hydrazone groups is 1. The summed E-state index contributed by atoms with van der Waals surface area (Å²) in [6, 6.07) is 0.192. The van der Waals surface area contributed by atoms with Gasteiger partial charge in [-0.1, -0.05) is 0 Å². The fourth-order valence-electron chi connectivity index (χ4n) is 1.10. The third kappa shape index (κ3) is 1.79. The quantitative estimate of drug-likeness (QED) is 0.561. The van der Waals surface area contributed by atoms with Crippen LogP contribution in [0.3, 0.4) is 0 Å². The highest BCUT2D eigenvalue weighted by atomic mass is 16.2. The molecule has 0 aliphatic carbocycles. The minimum absolute atomic E-state index is 0.144. The number of hydrogen-bond donors (Lipinski definition) is 0. The monoisotopic (exact) mass is 154 g/mol. The Labute approximate surface area is 67.1 Å². The molecular formula is C8H14N2O. The topological polar surface area (TPSA) is 32.7 Å². The lowest BCUT2D eigenvalue weighted by atomic mass is 10.2. The molecule has 3 nitrogen and oxygen atoms in total. The van der Waals surface area contributed by atoms with Crippen molar-refractivity contribution in [3.8, 4) is 0 Å². The molecule has 0 unspecified atom stereocenters. The second kappa shape index (κ2) is 3.03. The Morgan fingerprint density at radius 2 is 2.09 bits per heavy atom. The van der Waals surface area contributed by atoms with Gasteiger partial charge in [-0.2, -0.15) is 5.10 Å². The molecule has 1 aliphatic heterocycles. The number of nitrogens with zero attached hydrogens (tertiary/aromatic N) is 2. The Bertz CT molecular complexity index is 196. The molecule has 0 aromatic heterocycles. The Kier molecular flexibility index (Phi) is 2.27. The summed E-state index contributed by atoms with van der Waals surface area (Å²) in [5.74, 6) is 0.144. The molecule has 0 N–H and O–H groups in total. The molecule has 0 fully saturated rings. The smallest absolute Gasteiger partial charge is 0.243 e. The Hall–Kier alpha value is -0.860. The van der Waals surface area contributed by atoms with Crippen LogP contribution in [-0.2, 0) is 4.79 Å². The lowest BCUT2D eigenvalue weighted by molar-refractivity contribution is -0.133. The summed E-state index contributed by atoms with van der Waals surface area (Å²) in [6.45, 7) is 5.90. The maximum Gasteiger partial charge on any atom is 0.243 e. The first-order valence-electron chi connectivity index (χ1n) is 3.97. The van der Waals surface area contributed by atoms with Gasteiger partial charge < -0.3 is 0 Å². The van der Waals surface area contributed by atoms with Crippen molar-refractivity contribution in [3.63, 3.8) is 0 Å². The fraction of sp³-hybridized carbons (Fsp3) is 0.750. The van der Waals surface area contributed by atoms with Crippen LogP contribution in [0, 0.1) is 0 Å². The van der Waals surface area contributed by atoms with E-state index >= 15 is 0 Å². The average molecular weight is 154 g/mol. The molecule has 0 radical (unpaired) electrons. The molecule has 1 amide bonds. The molecule has 62 valence electrons. The first-order chi connectivity index (χ1) is 5.11. The Balaban J connectivity index is 2.75. The van der Waals surface area contributed by atoms with Crippen molar-refractivity contribution < 1.29 is 4.79 Å². The molecule has 0 aromatic rings. The van der Waals surface area contributed by atoms with Gasteiger partial charge in [0.1, 0.15) is 0 Å². The van der Waals surface area contributed by atoms with Crippen molar-refractivity contribution in [2.24, 2.45) is 5.10 Å². The van der Waals surface area contributed by atoms with Crippen molar-refractivity contribution in [2.45, 2.75) is 39.7 Å². The molecular weight excluding hydrogens is 140 g/mol. The summed E-state index contributed by atoms with van der Waals surface area (Å²) in [5.41, 5.74) is 1.05. The molecule has 1 heterocycles. The van der Waals surface area contributed by atoms with E-state index in [0.29, 0.717) is 6.42 Å². The van der Waals surface area contributed by atoms with Crippen LogP contribution >= 0.6 is 0 Å². The highest BCUT2D eigenvalue weighted by Crippen LogP contribution is 2.11. The predicted molar refractivity (Wildman–Crippen MR) is 44.3 cm³/mol. The lowest BCUT2D eigenvalue weighted by Crippen LogP contribution is -2.36. The van der Waals surface area contributed by atoms with Crippen LogP contribution in [0.15, 0.2) is 5.10 Å². The fourth-order valence-corrected chi connectivity index (χ4v) is 1.10. The minimum atomic E-state index is 0.144. The molecule has 11 heavy (non-hydrogen) atoms. The van der Waals surface area contributed by atoms with Crippen molar-refractivity contribution in [1.29, 1.82) is 0 Å². The van der Waals surface area contributed by atoms with Crippen LogP contribution in [0.5, 0.6) is 0 Å². The number of carbonyl (C=O) groups excluding carboxylic acids is 1. The maximum atomic E-state index is 11.2. The van der Waals surface area contributed by atoms with Gasteiger partial charge in [-0.05, 0) is 27.2 Å². The largest absolute Gasteiger partial charge is 0.273 e. The third-order valence-corrected chi connectivity index (χ3v) is 1.72. The SMILES string of the molecule is CC1=NN(C(C)C)C(=O)CC1. The maximum absolute atomic E-state index is 11.2. The van der Waals surface area contributed by atoms with E-state index in [1.807, 2.05) is 20.8 Å². The van der Waals surface area contributed by atoms with Gasteiger partial charge in [0, 0.05) is 18.2 Å². The molecule has 0 spiro atoms. The van der Waals surface area contributed by atoms with Gasteiger partial charge in [0.05, 0.1) is 0 Å². The first kappa shape index (κ1) is 8.24. The Morgan fingerprint density at radius 3 is 2.55 bits per heavy atom. The van der Waals surface area contributed by atoms with Gasteiger partial charge in [0.2, 0.25) is 5.91 Å². The molecule has 0 bridgehead atoms. The van der Waals surface area contributed by atoms with Crippen LogP contribution < -0.4 is 0 Å². The van der Waals surface area contributed by atoms with Gasteiger partial charge in [-0.15, -0.1) is 0 Å². The van der Waals surface area contributed by atoms with Gasteiger partial charge in [0.15, 0.2) is 0 Å². The molecule has 1 aliphatic rings. The van der Waals surface area contributed by atoms with E-state index in [4.69, 9.17) is 0 Å². The molecule has 0 saturated heterocycles. The van der Waals surface area contributed by atoms with E-state index < -0.39 is 0 Å². The number of hydrogen-bond acceptors (Lipinski definition) is 2. The average Bonchev–Trinajstić information content (AvgIpc) is 1.94. The van der Waals surface area contributed by atoms with Crippen LogP contribution in [0.1, 0.15) is 33.6 Å². The van der Waals surface area contributed by atoms with Crippen molar-refractivity contribution in [2.75, 3.05) is 0 Å². The van der Waals surface area contributed by atoms with Crippen LogP contribution in [0.4, 0.5) is 0 Å². The lowest BCUT2D eigenvalue weighted by Gasteiger charge is -2.25. The van der Waals surface area contributed by atoms with Crippen LogP contribution in [0.25, 0.3) is 0 Å². The van der Waals surface area contributed by atoms with E-state index in [1.54, 1.807) is 5.01 Å². The van der Waals surface area contributed by atoms with Crippen LogP contribution in [0.2, 0.25) is 0 Å². The summed E-state index contributed by atoms with van der Waals surface area (Å²) < 4.78 is 0. The second-order valence-corrected chi connectivity index (χ2v) is 3.17. The summed E-state index contributed by atoms with van der Waals surface area (Å²) >= 11 is 0. The van der Waals surface area contributed by atoms with Gasteiger partial charge in [-0.25, -0.2) is 5.01 Å². The van der Waals surface area contributed by atoms with Crippen molar-refractivity contribution in [1.82, 2.24) is 5.01 Å². The summed E-state index contributed by atoms with van der Waals surface area (Å²) in [5, 5.41) is 5.73. The predicted octanol–water partition coefficient (Wildman–Crippen LogP) is 1.39. The number of rotatable bonds is 1. The zero-order chi connectivity index (χ0) is 8.43. The normalized spacial score (nSPS) is 19.1. The van der Waals surface area contributed by atoms with E-state index in [0.717, 1.165) is 12.1 Å². The molecule has 1 rings (SSSR count). The third-order valence-electron chi connectivity index (χ3n) is 1.72. The van der Waals surface area contributed by atoms with Gasteiger partial charge >= 0.3 is 0 Å². The molecule has 0 saturated carbocycles. The highest BCUT2D eigenvalue weighted by molar-refractivity contribution is 5.91. The van der Waals surface area contributed by atoms with Crippen molar-refractivity contribution >= 4 is 11.6 Å². The minimum Gasteiger partial charge on any atom is -0.273 e. The Morgan fingerprint density at radius 1 is 1.45 bits per heavy atom. The molecule has 3 heteroatoms. The molecule has 0 atom stereocenters.